The van der Waals surface area contributed by atoms with Crippen LogP contribution in [0.5, 0.6) is 5.75 Å². The van der Waals surface area contributed by atoms with E-state index in [9.17, 15) is 13.2 Å². The van der Waals surface area contributed by atoms with Gasteiger partial charge in [-0.2, -0.15) is 13.2 Å². The number of benzene rings is 1. The first-order valence-corrected chi connectivity index (χ1v) is 6.81. The van der Waals surface area contributed by atoms with Gasteiger partial charge in [0.1, 0.15) is 5.75 Å². The molecule has 0 heterocycles. The second-order valence-electron chi connectivity index (χ2n) is 5.18. The highest BCUT2D eigenvalue weighted by Crippen LogP contribution is 2.26. The van der Waals surface area contributed by atoms with E-state index in [2.05, 4.69) is 5.32 Å². The molecule has 21 heavy (non-hydrogen) atoms. The zero-order valence-electron chi connectivity index (χ0n) is 12.8. The summed E-state index contributed by atoms with van der Waals surface area (Å²) in [7, 11) is 1.48. The lowest BCUT2D eigenvalue weighted by Gasteiger charge is -2.18. The van der Waals surface area contributed by atoms with E-state index in [0.717, 1.165) is 12.5 Å². The average Bonchev–Trinajstić information content (AvgIpc) is 2.41. The van der Waals surface area contributed by atoms with Gasteiger partial charge in [-0.05, 0) is 24.6 Å². The quantitative estimate of drug-likeness (QED) is 0.834. The maximum absolute atomic E-state index is 12.5. The van der Waals surface area contributed by atoms with Crippen LogP contribution < -0.4 is 10.1 Å². The second-order valence-corrected chi connectivity index (χ2v) is 5.18. The van der Waals surface area contributed by atoms with Gasteiger partial charge in [-0.15, -0.1) is 0 Å². The number of alkyl halides is 3. The van der Waals surface area contributed by atoms with E-state index < -0.39 is 12.3 Å². The van der Waals surface area contributed by atoms with E-state index in [1.165, 1.54) is 7.11 Å². The predicted octanol–water partition coefficient (Wildman–Crippen LogP) is 3.66. The lowest BCUT2D eigenvalue weighted by atomic mass is 10.1. The third-order valence-corrected chi connectivity index (χ3v) is 3.01. The Bertz CT molecular complexity index is 447. The SMILES string of the molecule is COc1ccc(CNC(C)C)cc1COC(C)C(F)(F)F. The minimum Gasteiger partial charge on any atom is -0.496 e. The number of nitrogens with one attached hydrogen (secondary N) is 1. The maximum Gasteiger partial charge on any atom is 0.414 e. The molecule has 0 saturated heterocycles. The summed E-state index contributed by atoms with van der Waals surface area (Å²) in [5, 5.41) is 3.25. The minimum atomic E-state index is -4.36. The van der Waals surface area contributed by atoms with Crippen molar-refractivity contribution in [2.45, 2.75) is 52.2 Å². The number of hydrogen-bond donors (Lipinski definition) is 1. The van der Waals surface area contributed by atoms with Gasteiger partial charge in [0.2, 0.25) is 0 Å². The van der Waals surface area contributed by atoms with E-state index in [0.29, 0.717) is 23.9 Å². The van der Waals surface area contributed by atoms with Crippen molar-refractivity contribution >= 4 is 0 Å². The summed E-state index contributed by atoms with van der Waals surface area (Å²) in [6, 6.07) is 5.76. The van der Waals surface area contributed by atoms with Crippen molar-refractivity contribution in [1.29, 1.82) is 0 Å². The van der Waals surface area contributed by atoms with Gasteiger partial charge < -0.3 is 14.8 Å². The molecule has 0 aliphatic rings. The summed E-state index contributed by atoms with van der Waals surface area (Å²) in [4.78, 5) is 0. The number of methoxy groups -OCH3 is 1. The predicted molar refractivity (Wildman–Crippen MR) is 75.3 cm³/mol. The Morgan fingerprint density at radius 2 is 1.86 bits per heavy atom. The summed E-state index contributed by atoms with van der Waals surface area (Å²) < 4.78 is 47.4. The monoisotopic (exact) mass is 305 g/mol. The van der Waals surface area contributed by atoms with Crippen molar-refractivity contribution in [3.8, 4) is 5.75 Å². The lowest BCUT2D eigenvalue weighted by Crippen LogP contribution is -2.28. The molecular weight excluding hydrogens is 283 g/mol. The van der Waals surface area contributed by atoms with Crippen LogP contribution in [0.4, 0.5) is 13.2 Å². The molecule has 0 aliphatic heterocycles. The van der Waals surface area contributed by atoms with Gasteiger partial charge in [0.25, 0.3) is 0 Å². The number of halogens is 3. The Labute approximate surface area is 123 Å². The molecule has 3 nitrogen and oxygen atoms in total. The molecule has 1 rings (SSSR count). The van der Waals surface area contributed by atoms with Gasteiger partial charge in [-0.1, -0.05) is 19.9 Å². The van der Waals surface area contributed by atoms with E-state index in [4.69, 9.17) is 9.47 Å². The zero-order chi connectivity index (χ0) is 16.0. The fourth-order valence-electron chi connectivity index (χ4n) is 1.69. The largest absolute Gasteiger partial charge is 0.496 e. The van der Waals surface area contributed by atoms with Crippen molar-refractivity contribution in [1.82, 2.24) is 5.32 Å². The van der Waals surface area contributed by atoms with Crippen LogP contribution in [0.2, 0.25) is 0 Å². The molecule has 0 bridgehead atoms. The molecule has 1 N–H and O–H groups in total. The molecule has 1 atom stereocenters. The Kier molecular flexibility index (Phi) is 6.48. The molecule has 1 unspecified atom stereocenters. The molecule has 0 fully saturated rings. The van der Waals surface area contributed by atoms with Crippen LogP contribution in [0.25, 0.3) is 0 Å². The fraction of sp³-hybridized carbons (Fsp3) is 0.600. The van der Waals surface area contributed by atoms with E-state index in [-0.39, 0.29) is 6.61 Å². The third kappa shape index (κ3) is 5.93. The van der Waals surface area contributed by atoms with E-state index in [1.54, 1.807) is 12.1 Å². The molecule has 0 aliphatic carbocycles. The smallest absolute Gasteiger partial charge is 0.414 e. The van der Waals surface area contributed by atoms with Gasteiger partial charge >= 0.3 is 6.18 Å². The topological polar surface area (TPSA) is 30.5 Å². The van der Waals surface area contributed by atoms with Gasteiger partial charge in [-0.3, -0.25) is 0 Å². The molecule has 0 amide bonds. The van der Waals surface area contributed by atoms with Gasteiger partial charge in [0.15, 0.2) is 6.10 Å². The molecule has 0 radical (unpaired) electrons. The van der Waals surface area contributed by atoms with Crippen LogP contribution in [-0.4, -0.2) is 25.4 Å². The Morgan fingerprint density at radius 1 is 1.19 bits per heavy atom. The number of rotatable bonds is 7. The van der Waals surface area contributed by atoms with Crippen molar-refractivity contribution < 1.29 is 22.6 Å². The van der Waals surface area contributed by atoms with Gasteiger partial charge in [0, 0.05) is 18.2 Å². The fourth-order valence-corrected chi connectivity index (χ4v) is 1.69. The van der Waals surface area contributed by atoms with Crippen molar-refractivity contribution in [2.24, 2.45) is 0 Å². The zero-order valence-corrected chi connectivity index (χ0v) is 12.8. The Morgan fingerprint density at radius 3 is 2.38 bits per heavy atom. The number of ether oxygens (including phenoxy) is 2. The van der Waals surface area contributed by atoms with Crippen LogP contribution in [-0.2, 0) is 17.9 Å². The molecular formula is C15H22F3NO2. The molecule has 1 aromatic carbocycles. The van der Waals surface area contributed by atoms with E-state index in [1.807, 2.05) is 19.9 Å². The van der Waals surface area contributed by atoms with Crippen LogP contribution in [0, 0.1) is 0 Å². The summed E-state index contributed by atoms with van der Waals surface area (Å²) >= 11 is 0. The standard InChI is InChI=1S/C15H22F3NO2/c1-10(2)19-8-12-5-6-14(20-4)13(7-12)9-21-11(3)15(16,17)18/h5-7,10-11,19H,8-9H2,1-4H3. The minimum absolute atomic E-state index is 0.140. The van der Waals surface area contributed by atoms with Crippen molar-refractivity contribution in [3.05, 3.63) is 29.3 Å². The Balaban J connectivity index is 2.76. The molecule has 0 saturated carbocycles. The first-order chi connectivity index (χ1) is 9.74. The second kappa shape index (κ2) is 7.66. The van der Waals surface area contributed by atoms with Crippen LogP contribution in [0.15, 0.2) is 18.2 Å². The molecule has 120 valence electrons. The summed E-state index contributed by atoms with van der Waals surface area (Å²) in [5.74, 6) is 0.526. The number of hydrogen-bond acceptors (Lipinski definition) is 3. The van der Waals surface area contributed by atoms with Gasteiger partial charge in [0.05, 0.1) is 13.7 Å². The van der Waals surface area contributed by atoms with Crippen LogP contribution in [0.3, 0.4) is 0 Å². The molecule has 6 heteroatoms. The highest BCUT2D eigenvalue weighted by atomic mass is 19.4. The Hall–Kier alpha value is -1.27. The average molecular weight is 305 g/mol. The molecule has 0 spiro atoms. The van der Waals surface area contributed by atoms with Crippen LogP contribution in [0.1, 0.15) is 31.9 Å². The normalized spacial score (nSPS) is 13.5. The van der Waals surface area contributed by atoms with E-state index >= 15 is 0 Å². The summed E-state index contributed by atoms with van der Waals surface area (Å²) in [6.07, 6.45) is -6.16. The third-order valence-electron chi connectivity index (χ3n) is 3.01. The highest BCUT2D eigenvalue weighted by Gasteiger charge is 2.36. The maximum atomic E-state index is 12.5. The van der Waals surface area contributed by atoms with Crippen LogP contribution >= 0.6 is 0 Å². The first kappa shape index (κ1) is 17.8. The lowest BCUT2D eigenvalue weighted by molar-refractivity contribution is -0.217. The summed E-state index contributed by atoms with van der Waals surface area (Å²) in [5.41, 5.74) is 1.58. The molecule has 1 aromatic rings. The summed E-state index contributed by atoms with van der Waals surface area (Å²) in [6.45, 7) is 5.55. The first-order valence-electron chi connectivity index (χ1n) is 6.81. The van der Waals surface area contributed by atoms with Crippen molar-refractivity contribution in [3.63, 3.8) is 0 Å². The van der Waals surface area contributed by atoms with Crippen molar-refractivity contribution in [2.75, 3.05) is 7.11 Å². The molecule has 0 aromatic heterocycles. The van der Waals surface area contributed by atoms with Gasteiger partial charge in [-0.25, -0.2) is 0 Å². The highest BCUT2D eigenvalue weighted by molar-refractivity contribution is 5.37.